The second-order valence-electron chi connectivity index (χ2n) is 1.37. The molecule has 5 heteroatoms. The molecule has 1 N–H and O–H groups in total. The number of ketones is 1. The van der Waals surface area contributed by atoms with Crippen LogP contribution in [0.5, 0.6) is 0 Å². The number of aliphatic hydroxyl groups is 1. The summed E-state index contributed by atoms with van der Waals surface area (Å²) in [6, 6.07) is 0. The first-order chi connectivity index (χ1) is 4.36. The van der Waals surface area contributed by atoms with Gasteiger partial charge in [0.05, 0.1) is 0 Å². The van der Waals surface area contributed by atoms with Crippen molar-refractivity contribution < 1.29 is 9.90 Å². The van der Waals surface area contributed by atoms with Gasteiger partial charge in [-0.15, -0.1) is 0 Å². The molecule has 0 fully saturated rings. The topological polar surface area (TPSA) is 37.3 Å². The molecule has 0 aromatic heterocycles. The fraction of sp³-hybridized carbons (Fsp3) is 0.800. The van der Waals surface area contributed by atoms with Crippen molar-refractivity contribution in [2.24, 2.45) is 0 Å². The van der Waals surface area contributed by atoms with E-state index in [0.717, 1.165) is 0 Å². The van der Waals surface area contributed by atoms with Gasteiger partial charge in [-0.05, 0) is 13.8 Å². The molecule has 0 spiro atoms. The van der Waals surface area contributed by atoms with Crippen LogP contribution in [-0.4, -0.2) is 19.6 Å². The molecule has 0 aromatic carbocycles. The Morgan fingerprint density at radius 3 is 1.60 bits per heavy atom. The van der Waals surface area contributed by atoms with Crippen LogP contribution in [0.3, 0.4) is 0 Å². The number of aliphatic hydroxyl groups excluding tert-OH is 1. The summed E-state index contributed by atoms with van der Waals surface area (Å²) >= 11 is 9.08. The summed E-state index contributed by atoms with van der Waals surface area (Å²) in [6.07, 6.45) is 0. The molecule has 0 radical (unpaired) electrons. The molecule has 0 unspecified atom stereocenters. The monoisotopic (exact) mass is 338 g/mol. The Morgan fingerprint density at radius 1 is 1.50 bits per heavy atom. The predicted octanol–water partition coefficient (Wildman–Crippen LogP) is 2.41. The maximum atomic E-state index is 10.3. The first-order valence-corrected chi connectivity index (χ1v) is 4.92. The summed E-state index contributed by atoms with van der Waals surface area (Å²) < 4.78 is -0.701. The van der Waals surface area contributed by atoms with Crippen molar-refractivity contribution in [3.05, 3.63) is 0 Å². The van der Waals surface area contributed by atoms with E-state index in [1.54, 1.807) is 6.92 Å². The molecule has 0 aromatic rings. The molecule has 62 valence electrons. The minimum absolute atomic E-state index is 0.00694. The zero-order valence-corrected chi connectivity index (χ0v) is 10.5. The van der Waals surface area contributed by atoms with Crippen LogP contribution in [0.25, 0.3) is 0 Å². The van der Waals surface area contributed by atoms with Gasteiger partial charge in [0.15, 0.2) is 7.93 Å². The minimum atomic E-state index is -0.701. The Balaban J connectivity index is 0. The van der Waals surface area contributed by atoms with Gasteiger partial charge >= 0.3 is 0 Å². The molecule has 0 saturated heterocycles. The van der Waals surface area contributed by atoms with Crippen LogP contribution < -0.4 is 0 Å². The van der Waals surface area contributed by atoms with E-state index in [1.165, 1.54) is 6.92 Å². The first kappa shape index (κ1) is 13.6. The van der Waals surface area contributed by atoms with Gasteiger partial charge in [-0.3, -0.25) is 4.79 Å². The molecule has 0 rings (SSSR count). The molecular formula is C5H9Br3O2. The summed E-state index contributed by atoms with van der Waals surface area (Å²) in [6.45, 7) is 3.40. The van der Waals surface area contributed by atoms with E-state index in [1.807, 2.05) is 0 Å². The maximum Gasteiger partial charge on any atom is 0.192 e. The number of alkyl halides is 3. The molecular weight excluding hydrogens is 332 g/mol. The molecule has 0 aliphatic carbocycles. The van der Waals surface area contributed by atoms with Crippen LogP contribution in [0.15, 0.2) is 0 Å². The summed E-state index contributed by atoms with van der Waals surface area (Å²) in [4.78, 5) is 10.3. The third-order valence-corrected chi connectivity index (χ3v) is 2.07. The molecule has 0 aliphatic heterocycles. The van der Waals surface area contributed by atoms with Crippen molar-refractivity contribution in [2.45, 2.75) is 16.0 Å². The second-order valence-corrected chi connectivity index (χ2v) is 8.13. The van der Waals surface area contributed by atoms with Crippen molar-refractivity contribution in [2.75, 3.05) is 6.61 Å². The number of carbonyl (C=O) groups excluding carboxylic acids is 1. The highest BCUT2D eigenvalue weighted by molar-refractivity contribution is 9.40. The van der Waals surface area contributed by atoms with Crippen LogP contribution >= 0.6 is 47.8 Å². The molecule has 0 heterocycles. The SMILES string of the molecule is CC(=O)C(Br)(Br)Br.CCO. The highest BCUT2D eigenvalue weighted by atomic mass is 80.0. The van der Waals surface area contributed by atoms with Crippen molar-refractivity contribution in [1.82, 2.24) is 0 Å². The molecule has 10 heavy (non-hydrogen) atoms. The summed E-state index contributed by atoms with van der Waals surface area (Å²) in [5, 5.41) is 7.57. The van der Waals surface area contributed by atoms with Crippen LogP contribution in [-0.2, 0) is 4.79 Å². The number of halogens is 3. The molecule has 2 nitrogen and oxygen atoms in total. The predicted molar refractivity (Wildman–Crippen MR) is 53.0 cm³/mol. The zero-order valence-electron chi connectivity index (χ0n) is 5.70. The summed E-state index contributed by atoms with van der Waals surface area (Å²) in [7, 11) is 0. The summed E-state index contributed by atoms with van der Waals surface area (Å²) in [5.74, 6) is -0.00694. The average molecular weight is 341 g/mol. The maximum absolute atomic E-state index is 10.3. The smallest absolute Gasteiger partial charge is 0.192 e. The van der Waals surface area contributed by atoms with Gasteiger partial charge in [0.1, 0.15) is 0 Å². The second kappa shape index (κ2) is 6.76. The molecule has 0 atom stereocenters. The number of carbonyl (C=O) groups is 1. The Bertz CT molecular complexity index is 97.6. The summed E-state index contributed by atoms with van der Waals surface area (Å²) in [5.41, 5.74) is 0. The van der Waals surface area contributed by atoms with Gasteiger partial charge in [-0.25, -0.2) is 0 Å². The molecule has 0 saturated carbocycles. The van der Waals surface area contributed by atoms with Crippen molar-refractivity contribution in [1.29, 1.82) is 0 Å². The normalized spacial score (nSPS) is 9.80. The molecule has 0 aliphatic rings. The van der Waals surface area contributed by atoms with Crippen molar-refractivity contribution in [3.8, 4) is 0 Å². The Hall–Kier alpha value is 1.07. The molecule has 0 amide bonds. The minimum Gasteiger partial charge on any atom is -0.397 e. The van der Waals surface area contributed by atoms with E-state index in [2.05, 4.69) is 47.8 Å². The van der Waals surface area contributed by atoms with Crippen molar-refractivity contribution in [3.63, 3.8) is 0 Å². The lowest BCUT2D eigenvalue weighted by molar-refractivity contribution is -0.115. The van der Waals surface area contributed by atoms with Crippen LogP contribution in [0.2, 0.25) is 0 Å². The van der Waals surface area contributed by atoms with E-state index >= 15 is 0 Å². The first-order valence-electron chi connectivity index (χ1n) is 2.54. The molecule has 0 bridgehead atoms. The van der Waals surface area contributed by atoms with Gasteiger partial charge in [-0.2, -0.15) is 0 Å². The third kappa shape index (κ3) is 11.8. The highest BCUT2D eigenvalue weighted by Gasteiger charge is 2.22. The Morgan fingerprint density at radius 2 is 1.60 bits per heavy atom. The van der Waals surface area contributed by atoms with E-state index in [4.69, 9.17) is 5.11 Å². The van der Waals surface area contributed by atoms with E-state index in [9.17, 15) is 4.79 Å². The van der Waals surface area contributed by atoms with Gasteiger partial charge in [0.2, 0.25) is 0 Å². The van der Waals surface area contributed by atoms with E-state index in [0.29, 0.717) is 0 Å². The van der Waals surface area contributed by atoms with E-state index in [-0.39, 0.29) is 12.4 Å². The van der Waals surface area contributed by atoms with E-state index < -0.39 is 2.14 Å². The quantitative estimate of drug-likeness (QED) is 0.688. The Labute approximate surface area is 85.8 Å². The van der Waals surface area contributed by atoms with Crippen LogP contribution in [0, 0.1) is 0 Å². The number of hydrogen-bond acceptors (Lipinski definition) is 2. The van der Waals surface area contributed by atoms with Crippen LogP contribution in [0.4, 0.5) is 0 Å². The lowest BCUT2D eigenvalue weighted by atomic mass is 10.5. The number of rotatable bonds is 0. The van der Waals surface area contributed by atoms with Gasteiger partial charge in [0, 0.05) is 6.61 Å². The fourth-order valence-electron chi connectivity index (χ4n) is 0. The zero-order chi connectivity index (χ0) is 8.78. The highest BCUT2D eigenvalue weighted by Crippen LogP contribution is 2.33. The average Bonchev–Trinajstić information content (AvgIpc) is 1.64. The van der Waals surface area contributed by atoms with Crippen LogP contribution in [0.1, 0.15) is 13.8 Å². The van der Waals surface area contributed by atoms with Crippen molar-refractivity contribution >= 4 is 53.6 Å². The third-order valence-electron chi connectivity index (χ3n) is 0.399. The fourth-order valence-corrected chi connectivity index (χ4v) is 0. The van der Waals surface area contributed by atoms with Gasteiger partial charge in [0.25, 0.3) is 0 Å². The largest absolute Gasteiger partial charge is 0.397 e. The van der Waals surface area contributed by atoms with Gasteiger partial charge < -0.3 is 5.11 Å². The number of Topliss-reactive ketones (excluding diaryl/α,β-unsaturated/α-hetero) is 1. The number of hydrogen-bond donors (Lipinski definition) is 1. The standard InChI is InChI=1S/C3H3Br3O.C2H6O/c1-2(7)3(4,5)6;1-2-3/h1H3;3H,2H2,1H3. The van der Waals surface area contributed by atoms with Gasteiger partial charge in [-0.1, -0.05) is 47.8 Å². The Kier molecular flexibility index (Phi) is 9.22. The lowest BCUT2D eigenvalue weighted by Crippen LogP contribution is -2.11. The lowest BCUT2D eigenvalue weighted by Gasteiger charge is -2.03.